The van der Waals surface area contributed by atoms with Crippen molar-refractivity contribution >= 4 is 11.8 Å². The molecule has 0 saturated heterocycles. The summed E-state index contributed by atoms with van der Waals surface area (Å²) in [6, 6.07) is 4.67. The van der Waals surface area contributed by atoms with Crippen molar-refractivity contribution in [3.63, 3.8) is 0 Å². The van der Waals surface area contributed by atoms with E-state index in [1.807, 2.05) is 0 Å². The number of Topliss-reactive ketones (excluding diaryl/α,β-unsaturated/α-hetero) is 1. The predicted molar refractivity (Wildman–Crippen MR) is 48.1 cm³/mol. The summed E-state index contributed by atoms with van der Waals surface area (Å²) >= 11 is 0. The highest BCUT2D eigenvalue weighted by Crippen LogP contribution is 2.11. The average Bonchev–Trinajstić information content (AvgIpc) is 2.04. The third kappa shape index (κ3) is 1.93. The Bertz CT molecular complexity index is 366. The van der Waals surface area contributed by atoms with E-state index in [4.69, 9.17) is 5.11 Å². The summed E-state index contributed by atoms with van der Waals surface area (Å²) < 4.78 is 0. The topological polar surface area (TPSA) is 54.4 Å². The summed E-state index contributed by atoms with van der Waals surface area (Å²) in [6.45, 7) is 3.11. The molecule has 0 heterocycles. The van der Waals surface area contributed by atoms with Crippen molar-refractivity contribution in [3.05, 3.63) is 34.9 Å². The smallest absolute Gasteiger partial charge is 0.335 e. The molecular weight excluding hydrogens is 168 g/mol. The fraction of sp³-hybridized carbons (Fsp3) is 0.200. The van der Waals surface area contributed by atoms with Crippen molar-refractivity contribution in [1.29, 1.82) is 0 Å². The van der Waals surface area contributed by atoms with Gasteiger partial charge in [-0.2, -0.15) is 0 Å². The zero-order chi connectivity index (χ0) is 10.0. The van der Waals surface area contributed by atoms with E-state index in [1.54, 1.807) is 19.1 Å². The maximum atomic E-state index is 10.9. The van der Waals surface area contributed by atoms with E-state index < -0.39 is 5.97 Å². The van der Waals surface area contributed by atoms with E-state index in [-0.39, 0.29) is 11.3 Å². The van der Waals surface area contributed by atoms with Gasteiger partial charge in [0.25, 0.3) is 0 Å². The van der Waals surface area contributed by atoms with Crippen LogP contribution in [0.2, 0.25) is 0 Å². The van der Waals surface area contributed by atoms with E-state index in [9.17, 15) is 9.59 Å². The standard InChI is InChI=1S/C10H10O3/c1-6-3-4-8(7(2)11)5-9(6)10(12)13/h3-5H,1-2H3,(H,12,13). The molecule has 0 aliphatic heterocycles. The zero-order valence-corrected chi connectivity index (χ0v) is 7.50. The largest absolute Gasteiger partial charge is 0.478 e. The number of aromatic carboxylic acids is 1. The van der Waals surface area contributed by atoms with E-state index in [0.717, 1.165) is 0 Å². The molecular formula is C10H10O3. The monoisotopic (exact) mass is 178 g/mol. The molecule has 0 saturated carbocycles. The van der Waals surface area contributed by atoms with Gasteiger partial charge in [0.15, 0.2) is 5.78 Å². The molecule has 0 aliphatic rings. The Morgan fingerprint density at radius 1 is 1.31 bits per heavy atom. The van der Waals surface area contributed by atoms with Gasteiger partial charge in [-0.25, -0.2) is 4.79 Å². The Labute approximate surface area is 76.0 Å². The molecule has 13 heavy (non-hydrogen) atoms. The molecule has 0 aromatic heterocycles. The van der Waals surface area contributed by atoms with Crippen molar-refractivity contribution in [2.45, 2.75) is 13.8 Å². The molecule has 3 heteroatoms. The maximum Gasteiger partial charge on any atom is 0.335 e. The first kappa shape index (κ1) is 9.45. The quantitative estimate of drug-likeness (QED) is 0.703. The molecule has 0 unspecified atom stereocenters. The fourth-order valence-electron chi connectivity index (χ4n) is 1.07. The first-order chi connectivity index (χ1) is 6.02. The van der Waals surface area contributed by atoms with Crippen molar-refractivity contribution in [1.82, 2.24) is 0 Å². The minimum atomic E-state index is -0.999. The van der Waals surface area contributed by atoms with Gasteiger partial charge < -0.3 is 5.11 Å². The molecule has 1 aromatic rings. The summed E-state index contributed by atoms with van der Waals surface area (Å²) in [5, 5.41) is 8.76. The van der Waals surface area contributed by atoms with Crippen LogP contribution in [0, 0.1) is 6.92 Å². The Kier molecular flexibility index (Phi) is 2.46. The van der Waals surface area contributed by atoms with Gasteiger partial charge in [0.2, 0.25) is 0 Å². The Balaban J connectivity index is 3.27. The van der Waals surface area contributed by atoms with Crippen LogP contribution in [0.4, 0.5) is 0 Å². The van der Waals surface area contributed by atoms with Gasteiger partial charge >= 0.3 is 5.97 Å². The van der Waals surface area contributed by atoms with Gasteiger partial charge in [-0.15, -0.1) is 0 Å². The molecule has 3 nitrogen and oxygen atoms in total. The Hall–Kier alpha value is -1.64. The summed E-state index contributed by atoms with van der Waals surface area (Å²) in [5.74, 6) is -1.12. The maximum absolute atomic E-state index is 10.9. The predicted octanol–water partition coefficient (Wildman–Crippen LogP) is 1.90. The molecule has 0 atom stereocenters. The number of benzene rings is 1. The SMILES string of the molecule is CC(=O)c1ccc(C)c(C(=O)O)c1. The van der Waals surface area contributed by atoms with Gasteiger partial charge in [0.05, 0.1) is 5.56 Å². The minimum absolute atomic E-state index is 0.123. The first-order valence-corrected chi connectivity index (χ1v) is 3.87. The van der Waals surface area contributed by atoms with Crippen molar-refractivity contribution in [2.75, 3.05) is 0 Å². The van der Waals surface area contributed by atoms with Crippen LogP contribution in [0.1, 0.15) is 33.2 Å². The molecule has 68 valence electrons. The lowest BCUT2D eigenvalue weighted by Gasteiger charge is -2.01. The molecule has 0 aliphatic carbocycles. The highest BCUT2D eigenvalue weighted by molar-refractivity contribution is 5.98. The number of carbonyl (C=O) groups excluding carboxylic acids is 1. The number of carboxylic acids is 1. The lowest BCUT2D eigenvalue weighted by atomic mass is 10.0. The van der Waals surface area contributed by atoms with E-state index >= 15 is 0 Å². The van der Waals surface area contributed by atoms with Crippen LogP contribution in [-0.4, -0.2) is 16.9 Å². The van der Waals surface area contributed by atoms with Crippen LogP contribution in [-0.2, 0) is 0 Å². The number of carbonyl (C=O) groups is 2. The first-order valence-electron chi connectivity index (χ1n) is 3.87. The summed E-state index contributed by atoms with van der Waals surface area (Å²) in [5.41, 5.74) is 1.29. The van der Waals surface area contributed by atoms with Crippen LogP contribution in [0.3, 0.4) is 0 Å². The number of carboxylic acid groups (broad SMARTS) is 1. The molecule has 1 N–H and O–H groups in total. The van der Waals surface area contributed by atoms with Crippen LogP contribution in [0.15, 0.2) is 18.2 Å². The van der Waals surface area contributed by atoms with E-state index in [0.29, 0.717) is 11.1 Å². The highest BCUT2D eigenvalue weighted by Gasteiger charge is 2.09. The third-order valence-electron chi connectivity index (χ3n) is 1.87. The van der Waals surface area contributed by atoms with Crippen LogP contribution >= 0.6 is 0 Å². The Morgan fingerprint density at radius 2 is 1.92 bits per heavy atom. The van der Waals surface area contributed by atoms with Crippen molar-refractivity contribution in [3.8, 4) is 0 Å². The highest BCUT2D eigenvalue weighted by atomic mass is 16.4. The lowest BCUT2D eigenvalue weighted by molar-refractivity contribution is 0.0696. The number of aryl methyl sites for hydroxylation is 1. The van der Waals surface area contributed by atoms with Crippen molar-refractivity contribution in [2.24, 2.45) is 0 Å². The molecule has 0 amide bonds. The second kappa shape index (κ2) is 3.39. The summed E-state index contributed by atoms with van der Waals surface area (Å²) in [4.78, 5) is 21.6. The van der Waals surface area contributed by atoms with Gasteiger partial charge in [0.1, 0.15) is 0 Å². The fourth-order valence-corrected chi connectivity index (χ4v) is 1.07. The molecule has 0 bridgehead atoms. The second-order valence-electron chi connectivity index (χ2n) is 2.89. The minimum Gasteiger partial charge on any atom is -0.478 e. The Morgan fingerprint density at radius 3 is 2.38 bits per heavy atom. The normalized spacial score (nSPS) is 9.69. The average molecular weight is 178 g/mol. The van der Waals surface area contributed by atoms with E-state index in [1.165, 1.54) is 13.0 Å². The molecule has 0 fully saturated rings. The van der Waals surface area contributed by atoms with Gasteiger partial charge in [-0.3, -0.25) is 4.79 Å². The van der Waals surface area contributed by atoms with Gasteiger partial charge in [-0.1, -0.05) is 12.1 Å². The zero-order valence-electron chi connectivity index (χ0n) is 7.50. The number of ketones is 1. The molecule has 0 radical (unpaired) electrons. The summed E-state index contributed by atoms with van der Waals surface area (Å²) in [7, 11) is 0. The third-order valence-corrected chi connectivity index (χ3v) is 1.87. The lowest BCUT2D eigenvalue weighted by Crippen LogP contribution is -2.02. The van der Waals surface area contributed by atoms with Crippen LogP contribution < -0.4 is 0 Å². The van der Waals surface area contributed by atoms with Crippen molar-refractivity contribution < 1.29 is 14.7 Å². The van der Waals surface area contributed by atoms with Gasteiger partial charge in [0, 0.05) is 5.56 Å². The second-order valence-corrected chi connectivity index (χ2v) is 2.89. The van der Waals surface area contributed by atoms with Gasteiger partial charge in [-0.05, 0) is 25.5 Å². The van der Waals surface area contributed by atoms with Crippen LogP contribution in [0.25, 0.3) is 0 Å². The number of rotatable bonds is 2. The molecule has 1 aromatic carbocycles. The molecule has 1 rings (SSSR count). The number of hydrogen-bond acceptors (Lipinski definition) is 2. The van der Waals surface area contributed by atoms with Crippen LogP contribution in [0.5, 0.6) is 0 Å². The van der Waals surface area contributed by atoms with E-state index in [2.05, 4.69) is 0 Å². The summed E-state index contributed by atoms with van der Waals surface area (Å²) in [6.07, 6.45) is 0. The molecule has 0 spiro atoms. The number of hydrogen-bond donors (Lipinski definition) is 1.